The lowest BCUT2D eigenvalue weighted by molar-refractivity contribution is -0.137. The zero-order valence-corrected chi connectivity index (χ0v) is 43.1. The van der Waals surface area contributed by atoms with E-state index in [1.54, 1.807) is 30.3 Å². The van der Waals surface area contributed by atoms with Gasteiger partial charge in [0.05, 0.1) is 18.3 Å². The molecule has 19 N–H and O–H groups in total. The van der Waals surface area contributed by atoms with Gasteiger partial charge in [-0.3, -0.25) is 47.9 Å². The van der Waals surface area contributed by atoms with E-state index in [0.717, 1.165) is 25.7 Å². The second-order valence-corrected chi connectivity index (χ2v) is 18.4. The first-order chi connectivity index (χ1) is 35.1. The van der Waals surface area contributed by atoms with Crippen molar-refractivity contribution in [2.45, 2.75) is 178 Å². The van der Waals surface area contributed by atoms with Gasteiger partial charge in [0.15, 0.2) is 0 Å². The molecule has 0 aliphatic carbocycles. The van der Waals surface area contributed by atoms with E-state index in [0.29, 0.717) is 12.0 Å². The maximum Gasteiger partial charge on any atom is 0.245 e. The molecular formula is C48H81N13O13. The van der Waals surface area contributed by atoms with Gasteiger partial charge in [-0.15, -0.1) is 0 Å². The van der Waals surface area contributed by atoms with Gasteiger partial charge < -0.3 is 85.7 Å². The largest absolute Gasteiger partial charge is 0.391 e. The fourth-order valence-corrected chi connectivity index (χ4v) is 7.69. The molecular weight excluding hydrogens is 967 g/mol. The number of aliphatic hydroxyl groups is 3. The Morgan fingerprint density at radius 1 is 0.595 bits per heavy atom. The first kappa shape index (κ1) is 63.8. The van der Waals surface area contributed by atoms with Crippen LogP contribution in [0.4, 0.5) is 0 Å². The Balaban J connectivity index is 2.62. The minimum absolute atomic E-state index is 0.100. The highest BCUT2D eigenvalue weighted by Gasteiger charge is 2.37. The lowest BCUT2D eigenvalue weighted by atomic mass is 10.0. The van der Waals surface area contributed by atoms with Gasteiger partial charge in [-0.05, 0) is 85.0 Å². The Morgan fingerprint density at radius 2 is 1.07 bits per heavy atom. The quantitative estimate of drug-likeness (QED) is 0.0482. The fourth-order valence-electron chi connectivity index (χ4n) is 7.69. The number of carbonyl (C=O) groups excluding carboxylic acids is 10. The van der Waals surface area contributed by atoms with Crippen LogP contribution in [0.2, 0.25) is 0 Å². The van der Waals surface area contributed by atoms with Crippen LogP contribution < -0.4 is 70.4 Å². The lowest BCUT2D eigenvalue weighted by Gasteiger charge is -2.28. The molecule has 1 saturated heterocycles. The third kappa shape index (κ3) is 22.0. The molecule has 0 unspecified atom stereocenters. The zero-order chi connectivity index (χ0) is 55.5. The van der Waals surface area contributed by atoms with Gasteiger partial charge in [0.25, 0.3) is 0 Å². The van der Waals surface area contributed by atoms with Crippen molar-refractivity contribution in [1.82, 2.24) is 53.2 Å². The molecule has 1 aromatic rings. The molecule has 0 aromatic heterocycles. The van der Waals surface area contributed by atoms with E-state index >= 15 is 0 Å². The van der Waals surface area contributed by atoms with E-state index in [4.69, 9.17) is 17.2 Å². The summed E-state index contributed by atoms with van der Waals surface area (Å²) in [6, 6.07) is -5.33. The molecule has 1 aliphatic heterocycles. The molecule has 26 heteroatoms. The van der Waals surface area contributed by atoms with Crippen molar-refractivity contribution in [2.75, 3.05) is 26.2 Å². The molecule has 10 amide bonds. The minimum atomic E-state index is -1.74. The number of hydrogen-bond donors (Lipinski definition) is 16. The summed E-state index contributed by atoms with van der Waals surface area (Å²) in [5.74, 6) is -9.20. The van der Waals surface area contributed by atoms with E-state index in [-0.39, 0.29) is 51.7 Å². The van der Waals surface area contributed by atoms with Crippen LogP contribution in [0, 0.1) is 0 Å². The molecule has 416 valence electrons. The maximum absolute atomic E-state index is 14.2. The van der Waals surface area contributed by atoms with E-state index in [9.17, 15) is 63.3 Å². The summed E-state index contributed by atoms with van der Waals surface area (Å²) in [5, 5.41) is 56.6. The number of nitrogens with two attached hydrogens (primary N) is 3. The number of nitrogens with one attached hydrogen (secondary N) is 10. The normalized spacial score (nSPS) is 24.1. The van der Waals surface area contributed by atoms with Crippen molar-refractivity contribution in [2.24, 2.45) is 17.2 Å². The number of rotatable bonds is 22. The van der Waals surface area contributed by atoms with Gasteiger partial charge in [0, 0.05) is 19.4 Å². The van der Waals surface area contributed by atoms with Crippen LogP contribution in [0.25, 0.3) is 0 Å². The Labute approximate surface area is 431 Å². The lowest BCUT2D eigenvalue weighted by Crippen LogP contribution is -2.62. The van der Waals surface area contributed by atoms with E-state index in [2.05, 4.69) is 60.1 Å². The molecule has 1 aliphatic rings. The molecule has 0 bridgehead atoms. The first-order valence-corrected chi connectivity index (χ1v) is 25.3. The van der Waals surface area contributed by atoms with Crippen molar-refractivity contribution in [3.05, 3.63) is 35.9 Å². The molecule has 1 fully saturated rings. The molecule has 0 radical (unpaired) electrons. The molecule has 0 saturated carbocycles. The van der Waals surface area contributed by atoms with E-state index < -0.39 is 145 Å². The molecule has 26 nitrogen and oxygen atoms in total. The van der Waals surface area contributed by atoms with Gasteiger partial charge in [0.2, 0.25) is 59.1 Å². The Morgan fingerprint density at radius 3 is 1.58 bits per heavy atom. The van der Waals surface area contributed by atoms with Gasteiger partial charge in [-0.2, -0.15) is 0 Å². The number of unbranched alkanes of at least 4 members (excludes halogenated alkanes) is 4. The van der Waals surface area contributed by atoms with Gasteiger partial charge in [-0.25, -0.2) is 0 Å². The van der Waals surface area contributed by atoms with Crippen LogP contribution in [0.3, 0.4) is 0 Å². The average Bonchev–Trinajstić information content (AvgIpc) is 3.34. The van der Waals surface area contributed by atoms with Crippen molar-refractivity contribution in [1.29, 1.82) is 0 Å². The second kappa shape index (κ2) is 33.5. The van der Waals surface area contributed by atoms with Gasteiger partial charge >= 0.3 is 0 Å². The van der Waals surface area contributed by atoms with Gasteiger partial charge in [-0.1, -0.05) is 62.9 Å². The fraction of sp³-hybridized carbons (Fsp3) is 0.667. The standard InChI is InChI=1S/C48H81N13O13/c1-6-7-8-9-13-16-36(65)59-38(28(4)63)47(73)53-26(2)40(66)54-34-20-24-52-46(72)37(27(3)62)60-44(70)33(19-23-51)56-41(67)32(18-22-50)57-48(74)39(29(5)64)61-45(71)35(25-30-14-11-10-12-15-30)58-42(68)31(17-21-49)55-43(34)69/h10-12,14-15,26-29,31-35,37-39,62-64H,6-9,13,16-25,49-51H2,1-5H3,(H,52,72)(H,53,73)(H,54,66)(H,55,69)(H,56,67)(H,57,74)(H,58,68)(H,59,65)(H,60,70)(H,61,71)/t26-,27-,28-,29+,31+,32+,33+,34+,35-,37+,38+,39+/m1/s1. The number of aliphatic hydroxyl groups excluding tert-OH is 3. The van der Waals surface area contributed by atoms with Crippen molar-refractivity contribution in [3.8, 4) is 0 Å². The van der Waals surface area contributed by atoms with Crippen LogP contribution >= 0.6 is 0 Å². The maximum atomic E-state index is 14.2. The van der Waals surface area contributed by atoms with Crippen LogP contribution in [0.5, 0.6) is 0 Å². The van der Waals surface area contributed by atoms with Crippen LogP contribution in [-0.2, 0) is 54.4 Å². The molecule has 0 spiro atoms. The molecule has 74 heavy (non-hydrogen) atoms. The number of hydrogen-bond acceptors (Lipinski definition) is 16. The smallest absolute Gasteiger partial charge is 0.245 e. The highest BCUT2D eigenvalue weighted by molar-refractivity contribution is 5.99. The van der Waals surface area contributed by atoms with Crippen LogP contribution in [0.15, 0.2) is 30.3 Å². The number of amides is 10. The highest BCUT2D eigenvalue weighted by Crippen LogP contribution is 2.10. The predicted octanol–water partition coefficient (Wildman–Crippen LogP) is -5.32. The van der Waals surface area contributed by atoms with Crippen molar-refractivity contribution in [3.63, 3.8) is 0 Å². The van der Waals surface area contributed by atoms with Crippen LogP contribution in [0.1, 0.15) is 104 Å². The minimum Gasteiger partial charge on any atom is -0.391 e. The second-order valence-electron chi connectivity index (χ2n) is 18.4. The van der Waals surface area contributed by atoms with Crippen molar-refractivity contribution < 1.29 is 63.3 Å². The monoisotopic (exact) mass is 1050 g/mol. The molecule has 1 heterocycles. The summed E-state index contributed by atoms with van der Waals surface area (Å²) >= 11 is 0. The third-order valence-electron chi connectivity index (χ3n) is 12.0. The molecule has 2 rings (SSSR count). The van der Waals surface area contributed by atoms with Gasteiger partial charge in [0.1, 0.15) is 54.4 Å². The Bertz CT molecular complexity index is 2010. The average molecular weight is 1050 g/mol. The molecule has 1 aromatic carbocycles. The predicted molar refractivity (Wildman–Crippen MR) is 270 cm³/mol. The Hall–Kier alpha value is -6.32. The summed E-state index contributed by atoms with van der Waals surface area (Å²) in [4.78, 5) is 137. The summed E-state index contributed by atoms with van der Waals surface area (Å²) in [7, 11) is 0. The summed E-state index contributed by atoms with van der Waals surface area (Å²) < 4.78 is 0. The summed E-state index contributed by atoms with van der Waals surface area (Å²) in [6.07, 6.45) is -1.32. The topological polar surface area (TPSA) is 430 Å². The molecule has 12 atom stereocenters. The van der Waals surface area contributed by atoms with E-state index in [1.807, 2.05) is 0 Å². The Kier molecular flexibility index (Phi) is 28.9. The van der Waals surface area contributed by atoms with E-state index in [1.165, 1.54) is 27.7 Å². The number of carbonyl (C=O) groups is 10. The summed E-state index contributed by atoms with van der Waals surface area (Å²) in [5.41, 5.74) is 18.0. The van der Waals surface area contributed by atoms with Crippen molar-refractivity contribution >= 4 is 59.1 Å². The van der Waals surface area contributed by atoms with Crippen LogP contribution in [-0.4, -0.2) is 173 Å². The third-order valence-corrected chi connectivity index (χ3v) is 12.0. The zero-order valence-electron chi connectivity index (χ0n) is 43.1. The first-order valence-electron chi connectivity index (χ1n) is 25.3. The highest BCUT2D eigenvalue weighted by atomic mass is 16.3. The SMILES string of the molecule is CCCCCCCC(=O)N[C@H](C(=O)N[C@H](C)C(=O)N[C@H]1CCNC(=O)[C@H]([C@@H](C)O)NC(=O)[C@H](CCN)NC(=O)[C@H](CCN)NC(=O)[C@H]([C@H](C)O)NC(=O)[C@@H](Cc2ccccc2)NC(=O)[C@H](CCN)NC1=O)[C@@H](C)O. The summed E-state index contributed by atoms with van der Waals surface area (Å²) in [6.45, 7) is 6.06. The number of benzene rings is 1.